The predicted molar refractivity (Wildman–Crippen MR) is 102 cm³/mol. The van der Waals surface area contributed by atoms with E-state index >= 15 is 0 Å². The molecule has 0 spiro atoms. The second-order valence-corrected chi connectivity index (χ2v) is 6.19. The molecule has 0 saturated heterocycles. The summed E-state index contributed by atoms with van der Waals surface area (Å²) in [6, 6.07) is 9.29. The number of hydrogen-bond acceptors (Lipinski definition) is 2. The summed E-state index contributed by atoms with van der Waals surface area (Å²) in [6.07, 6.45) is 11.4. The zero-order valence-corrected chi connectivity index (χ0v) is 15.2. The van der Waals surface area contributed by atoms with E-state index in [1.165, 1.54) is 44.9 Å². The van der Waals surface area contributed by atoms with Gasteiger partial charge in [0.25, 0.3) is 0 Å². The first-order valence-electron chi connectivity index (χ1n) is 9.50. The van der Waals surface area contributed by atoms with Crippen LogP contribution in [0.15, 0.2) is 30.3 Å². The van der Waals surface area contributed by atoms with Gasteiger partial charge >= 0.3 is 6.03 Å². The first-order valence-corrected chi connectivity index (χ1v) is 9.50. The Morgan fingerprint density at radius 1 is 0.875 bits per heavy atom. The molecule has 0 fully saturated rings. The van der Waals surface area contributed by atoms with Crippen LogP contribution >= 0.6 is 0 Å². The van der Waals surface area contributed by atoms with Crippen LogP contribution in [-0.4, -0.2) is 25.8 Å². The standard InChI is InChI=1S/C20H34N2O2/c1-2-3-4-5-6-7-8-12-17-24-18-13-16-21-20(23)22-19-14-10-9-11-15-19/h9-11,14-15H,2-8,12-13,16-18H2,1H3,(H2,21,22,23). The third-order valence-electron chi connectivity index (χ3n) is 3.92. The van der Waals surface area contributed by atoms with E-state index in [0.29, 0.717) is 13.2 Å². The molecule has 0 atom stereocenters. The number of urea groups is 1. The lowest BCUT2D eigenvalue weighted by molar-refractivity contribution is 0.128. The molecule has 2 amide bonds. The largest absolute Gasteiger partial charge is 0.381 e. The molecule has 0 radical (unpaired) electrons. The molecule has 0 bridgehead atoms. The van der Waals surface area contributed by atoms with Crippen LogP contribution in [0, 0.1) is 0 Å². The van der Waals surface area contributed by atoms with E-state index in [4.69, 9.17) is 4.74 Å². The van der Waals surface area contributed by atoms with Gasteiger partial charge in [0.15, 0.2) is 0 Å². The number of amides is 2. The molecular weight excluding hydrogens is 300 g/mol. The number of hydrogen-bond donors (Lipinski definition) is 2. The van der Waals surface area contributed by atoms with Gasteiger partial charge in [-0.2, -0.15) is 0 Å². The maximum Gasteiger partial charge on any atom is 0.319 e. The maximum absolute atomic E-state index is 11.7. The van der Waals surface area contributed by atoms with Crippen molar-refractivity contribution in [3.63, 3.8) is 0 Å². The Morgan fingerprint density at radius 3 is 2.21 bits per heavy atom. The molecule has 2 N–H and O–H groups in total. The second-order valence-electron chi connectivity index (χ2n) is 6.19. The summed E-state index contributed by atoms with van der Waals surface area (Å²) in [7, 11) is 0. The number of para-hydroxylation sites is 1. The predicted octanol–water partition coefficient (Wildman–Crippen LogP) is 5.36. The highest BCUT2D eigenvalue weighted by atomic mass is 16.5. The highest BCUT2D eigenvalue weighted by Gasteiger charge is 1.99. The highest BCUT2D eigenvalue weighted by molar-refractivity contribution is 5.89. The monoisotopic (exact) mass is 334 g/mol. The number of carbonyl (C=O) groups excluding carboxylic acids is 1. The smallest absolute Gasteiger partial charge is 0.319 e. The fourth-order valence-electron chi connectivity index (χ4n) is 2.51. The van der Waals surface area contributed by atoms with Gasteiger partial charge < -0.3 is 15.4 Å². The lowest BCUT2D eigenvalue weighted by Crippen LogP contribution is -2.30. The van der Waals surface area contributed by atoms with Crippen LogP contribution < -0.4 is 10.6 Å². The fraction of sp³-hybridized carbons (Fsp3) is 0.650. The number of benzene rings is 1. The first-order chi connectivity index (χ1) is 11.8. The quantitative estimate of drug-likeness (QED) is 0.450. The molecule has 0 unspecified atom stereocenters. The summed E-state index contributed by atoms with van der Waals surface area (Å²) in [4.78, 5) is 11.7. The molecule has 4 nitrogen and oxygen atoms in total. The van der Waals surface area contributed by atoms with Gasteiger partial charge in [-0.3, -0.25) is 0 Å². The molecule has 136 valence electrons. The Hall–Kier alpha value is -1.55. The third-order valence-corrected chi connectivity index (χ3v) is 3.92. The van der Waals surface area contributed by atoms with E-state index in [0.717, 1.165) is 25.1 Å². The number of anilines is 1. The van der Waals surface area contributed by atoms with Crippen LogP contribution in [0.3, 0.4) is 0 Å². The van der Waals surface area contributed by atoms with Crippen molar-refractivity contribution in [3.05, 3.63) is 30.3 Å². The summed E-state index contributed by atoms with van der Waals surface area (Å²) in [5.41, 5.74) is 0.806. The Morgan fingerprint density at radius 2 is 1.50 bits per heavy atom. The van der Waals surface area contributed by atoms with E-state index in [2.05, 4.69) is 17.6 Å². The minimum atomic E-state index is -0.163. The molecule has 0 aliphatic heterocycles. The molecule has 0 aliphatic carbocycles. The zero-order chi connectivity index (χ0) is 17.3. The van der Waals surface area contributed by atoms with Gasteiger partial charge in [0.05, 0.1) is 0 Å². The van der Waals surface area contributed by atoms with E-state index in [1.807, 2.05) is 30.3 Å². The van der Waals surface area contributed by atoms with Crippen LogP contribution in [0.25, 0.3) is 0 Å². The van der Waals surface area contributed by atoms with Crippen LogP contribution in [0.1, 0.15) is 64.7 Å². The Kier molecular flexibility index (Phi) is 12.8. The second kappa shape index (κ2) is 15.0. The van der Waals surface area contributed by atoms with Crippen molar-refractivity contribution in [2.75, 3.05) is 25.1 Å². The van der Waals surface area contributed by atoms with Crippen LogP contribution in [0.2, 0.25) is 0 Å². The minimum absolute atomic E-state index is 0.163. The molecule has 1 rings (SSSR count). The molecule has 1 aromatic rings. The van der Waals surface area contributed by atoms with E-state index in [9.17, 15) is 4.79 Å². The Labute approximate surface area is 147 Å². The summed E-state index contributed by atoms with van der Waals surface area (Å²) in [6.45, 7) is 4.44. The number of carbonyl (C=O) groups is 1. The zero-order valence-electron chi connectivity index (χ0n) is 15.2. The minimum Gasteiger partial charge on any atom is -0.381 e. The summed E-state index contributed by atoms with van der Waals surface area (Å²) in [5, 5.41) is 5.63. The van der Waals surface area contributed by atoms with Crippen molar-refractivity contribution in [2.24, 2.45) is 0 Å². The molecule has 0 heterocycles. The molecule has 24 heavy (non-hydrogen) atoms. The summed E-state index contributed by atoms with van der Waals surface area (Å²) >= 11 is 0. The van der Waals surface area contributed by atoms with Crippen molar-refractivity contribution < 1.29 is 9.53 Å². The SMILES string of the molecule is CCCCCCCCCCOCCCNC(=O)Nc1ccccc1. The molecular formula is C20H34N2O2. The molecule has 0 aliphatic rings. The van der Waals surface area contributed by atoms with Gasteiger partial charge in [0.2, 0.25) is 0 Å². The van der Waals surface area contributed by atoms with Gasteiger partial charge in [0, 0.05) is 25.4 Å². The lowest BCUT2D eigenvalue weighted by Gasteiger charge is -2.08. The average Bonchev–Trinajstić information content (AvgIpc) is 2.60. The van der Waals surface area contributed by atoms with Crippen molar-refractivity contribution >= 4 is 11.7 Å². The first kappa shape index (κ1) is 20.5. The van der Waals surface area contributed by atoms with Crippen molar-refractivity contribution in [3.8, 4) is 0 Å². The normalized spacial score (nSPS) is 10.5. The van der Waals surface area contributed by atoms with Crippen LogP contribution in [0.5, 0.6) is 0 Å². The number of nitrogens with one attached hydrogen (secondary N) is 2. The van der Waals surface area contributed by atoms with Crippen molar-refractivity contribution in [1.82, 2.24) is 5.32 Å². The average molecular weight is 335 g/mol. The van der Waals surface area contributed by atoms with Gasteiger partial charge in [-0.15, -0.1) is 0 Å². The van der Waals surface area contributed by atoms with E-state index in [1.54, 1.807) is 0 Å². The number of unbranched alkanes of at least 4 members (excludes halogenated alkanes) is 7. The molecule has 4 heteroatoms. The lowest BCUT2D eigenvalue weighted by atomic mass is 10.1. The van der Waals surface area contributed by atoms with Crippen LogP contribution in [-0.2, 0) is 4.74 Å². The molecule has 1 aromatic carbocycles. The Bertz CT molecular complexity index is 409. The molecule has 0 saturated carbocycles. The van der Waals surface area contributed by atoms with Gasteiger partial charge in [-0.05, 0) is 25.0 Å². The Balaban J connectivity index is 1.81. The fourth-order valence-corrected chi connectivity index (χ4v) is 2.51. The summed E-state index contributed by atoms with van der Waals surface area (Å²) < 4.78 is 5.61. The van der Waals surface area contributed by atoms with Gasteiger partial charge in [-0.1, -0.05) is 70.1 Å². The van der Waals surface area contributed by atoms with E-state index in [-0.39, 0.29) is 6.03 Å². The summed E-state index contributed by atoms with van der Waals surface area (Å²) in [5.74, 6) is 0. The third kappa shape index (κ3) is 11.9. The van der Waals surface area contributed by atoms with Gasteiger partial charge in [-0.25, -0.2) is 4.79 Å². The van der Waals surface area contributed by atoms with Gasteiger partial charge in [0.1, 0.15) is 0 Å². The maximum atomic E-state index is 11.7. The molecule has 0 aromatic heterocycles. The van der Waals surface area contributed by atoms with Crippen LogP contribution in [0.4, 0.5) is 10.5 Å². The number of ether oxygens (including phenoxy) is 1. The topological polar surface area (TPSA) is 50.4 Å². The van der Waals surface area contributed by atoms with Crippen molar-refractivity contribution in [1.29, 1.82) is 0 Å². The van der Waals surface area contributed by atoms with E-state index < -0.39 is 0 Å². The van der Waals surface area contributed by atoms with Crippen molar-refractivity contribution in [2.45, 2.75) is 64.7 Å². The highest BCUT2D eigenvalue weighted by Crippen LogP contribution is 2.08. The number of rotatable bonds is 14.